The summed E-state index contributed by atoms with van der Waals surface area (Å²) in [7, 11) is 0. The van der Waals surface area contributed by atoms with Crippen molar-refractivity contribution in [3.8, 4) is 11.5 Å². The number of hydrogen-bond acceptors (Lipinski definition) is 5. The van der Waals surface area contributed by atoms with Gasteiger partial charge in [0, 0.05) is 29.9 Å². The minimum atomic E-state index is -0.477. The highest BCUT2D eigenvalue weighted by atomic mass is 16.5. The maximum Gasteiger partial charge on any atom is 0.248 e. The van der Waals surface area contributed by atoms with Crippen LogP contribution < -0.4 is 15.2 Å². The van der Waals surface area contributed by atoms with Crippen molar-refractivity contribution in [2.45, 2.75) is 32.3 Å². The lowest BCUT2D eigenvalue weighted by molar-refractivity contribution is 0.0930. The van der Waals surface area contributed by atoms with E-state index in [4.69, 9.17) is 15.2 Å². The van der Waals surface area contributed by atoms with Gasteiger partial charge in [0.1, 0.15) is 17.6 Å². The number of primary amides is 1. The van der Waals surface area contributed by atoms with Crippen LogP contribution in [0, 0.1) is 0 Å². The topological polar surface area (TPSA) is 91.5 Å². The minimum absolute atomic E-state index is 0.0953. The lowest BCUT2D eigenvalue weighted by Gasteiger charge is -2.25. The first-order valence-electron chi connectivity index (χ1n) is 10.4. The number of hydrogen-bond donors (Lipinski definition) is 1. The molecule has 0 radical (unpaired) electrons. The number of pyridine rings is 1. The second-order valence-corrected chi connectivity index (χ2v) is 7.46. The summed E-state index contributed by atoms with van der Waals surface area (Å²) >= 11 is 0. The second-order valence-electron chi connectivity index (χ2n) is 7.46. The highest BCUT2D eigenvalue weighted by Gasteiger charge is 2.26. The fraction of sp³-hybridized carbons (Fsp3) is 0.240. The number of fused-ring (bicyclic) bond motifs is 1. The van der Waals surface area contributed by atoms with Crippen molar-refractivity contribution >= 4 is 11.7 Å². The number of rotatable bonds is 7. The van der Waals surface area contributed by atoms with E-state index in [0.29, 0.717) is 35.7 Å². The maximum atomic E-state index is 12.3. The van der Waals surface area contributed by atoms with E-state index in [9.17, 15) is 9.59 Å². The highest BCUT2D eigenvalue weighted by molar-refractivity contribution is 6.00. The first-order chi connectivity index (χ1) is 15.1. The Kier molecular flexibility index (Phi) is 5.98. The summed E-state index contributed by atoms with van der Waals surface area (Å²) in [6.45, 7) is 2.46. The van der Waals surface area contributed by atoms with Gasteiger partial charge >= 0.3 is 0 Å². The Balaban J connectivity index is 1.77. The molecule has 1 amide bonds. The molecule has 0 saturated carbocycles. The smallest absolute Gasteiger partial charge is 0.248 e. The van der Waals surface area contributed by atoms with Gasteiger partial charge in [-0.25, -0.2) is 0 Å². The molecule has 0 fully saturated rings. The van der Waals surface area contributed by atoms with E-state index >= 15 is 0 Å². The van der Waals surface area contributed by atoms with Crippen LogP contribution in [-0.2, 0) is 6.42 Å². The van der Waals surface area contributed by atoms with E-state index < -0.39 is 12.0 Å². The van der Waals surface area contributed by atoms with Crippen molar-refractivity contribution in [3.63, 3.8) is 0 Å². The number of nitrogens with zero attached hydrogens (tertiary/aromatic N) is 1. The molecule has 3 aromatic rings. The van der Waals surface area contributed by atoms with Crippen LogP contribution in [0.1, 0.15) is 63.3 Å². The van der Waals surface area contributed by atoms with E-state index in [1.165, 1.54) is 0 Å². The number of nitrogens with two attached hydrogens (primary N) is 1. The number of ether oxygens (including phenoxy) is 2. The molecule has 158 valence electrons. The standard InChI is InChI=1S/C25H24N2O4/c1-2-3-20-22(9-8-19-21(28)12-15-30-24(19)20)31-23(17-10-13-27-14-11-17)16-4-6-18(7-5-16)25(26)29/h4-11,13-14,23H,2-3,12,15H2,1H3,(H2,26,29)/t23-/m0/s1. The van der Waals surface area contributed by atoms with Crippen LogP contribution in [0.15, 0.2) is 60.9 Å². The zero-order chi connectivity index (χ0) is 21.8. The average molecular weight is 416 g/mol. The van der Waals surface area contributed by atoms with Gasteiger partial charge in [0.15, 0.2) is 5.78 Å². The van der Waals surface area contributed by atoms with E-state index in [-0.39, 0.29) is 5.78 Å². The lowest BCUT2D eigenvalue weighted by Crippen LogP contribution is -2.18. The van der Waals surface area contributed by atoms with Gasteiger partial charge in [-0.2, -0.15) is 0 Å². The van der Waals surface area contributed by atoms with Gasteiger partial charge in [-0.1, -0.05) is 25.5 Å². The van der Waals surface area contributed by atoms with Gasteiger partial charge in [-0.3, -0.25) is 14.6 Å². The Morgan fingerprint density at radius 2 is 1.81 bits per heavy atom. The normalized spacial score (nSPS) is 13.8. The molecule has 6 nitrogen and oxygen atoms in total. The maximum absolute atomic E-state index is 12.3. The van der Waals surface area contributed by atoms with Gasteiger partial charge in [-0.05, 0) is 53.9 Å². The molecule has 2 heterocycles. The molecule has 1 atom stereocenters. The molecule has 31 heavy (non-hydrogen) atoms. The first-order valence-corrected chi connectivity index (χ1v) is 10.4. The van der Waals surface area contributed by atoms with Gasteiger partial charge in [0.2, 0.25) is 5.91 Å². The monoisotopic (exact) mass is 416 g/mol. The fourth-order valence-electron chi connectivity index (χ4n) is 3.79. The Hall–Kier alpha value is -3.67. The van der Waals surface area contributed by atoms with E-state index in [2.05, 4.69) is 11.9 Å². The zero-order valence-electron chi connectivity index (χ0n) is 17.3. The molecule has 4 rings (SSSR count). The molecular formula is C25H24N2O4. The van der Waals surface area contributed by atoms with Gasteiger partial charge < -0.3 is 15.2 Å². The summed E-state index contributed by atoms with van der Waals surface area (Å²) in [5.74, 6) is 0.928. The van der Waals surface area contributed by atoms with Crippen molar-refractivity contribution in [3.05, 3.63) is 88.7 Å². The second kappa shape index (κ2) is 9.00. The summed E-state index contributed by atoms with van der Waals surface area (Å²) in [5.41, 5.74) is 9.13. The molecular weight excluding hydrogens is 392 g/mol. The van der Waals surface area contributed by atoms with Crippen molar-refractivity contribution in [2.75, 3.05) is 6.61 Å². The Labute approximate surface area is 181 Å². The van der Waals surface area contributed by atoms with Crippen LogP contribution >= 0.6 is 0 Å². The van der Waals surface area contributed by atoms with Crippen molar-refractivity contribution in [2.24, 2.45) is 5.73 Å². The number of benzene rings is 2. The number of aromatic nitrogens is 1. The molecule has 1 aliphatic heterocycles. The molecule has 0 bridgehead atoms. The largest absolute Gasteiger partial charge is 0.492 e. The summed E-state index contributed by atoms with van der Waals surface area (Å²) in [6.07, 6.45) is 5.01. The first kappa shape index (κ1) is 20.6. The van der Waals surface area contributed by atoms with E-state index in [1.54, 1.807) is 30.6 Å². The van der Waals surface area contributed by atoms with Crippen LogP contribution in [0.4, 0.5) is 0 Å². The van der Waals surface area contributed by atoms with Crippen LogP contribution in [0.25, 0.3) is 0 Å². The summed E-state index contributed by atoms with van der Waals surface area (Å²) < 4.78 is 12.4. The van der Waals surface area contributed by atoms with Gasteiger partial charge in [-0.15, -0.1) is 0 Å². The fourth-order valence-corrected chi connectivity index (χ4v) is 3.79. The molecule has 1 aromatic heterocycles. The summed E-state index contributed by atoms with van der Waals surface area (Å²) in [4.78, 5) is 27.9. The quantitative estimate of drug-likeness (QED) is 0.621. The van der Waals surface area contributed by atoms with Crippen LogP contribution in [0.5, 0.6) is 11.5 Å². The van der Waals surface area contributed by atoms with Gasteiger partial charge in [0.05, 0.1) is 12.2 Å². The Morgan fingerprint density at radius 1 is 1.10 bits per heavy atom. The number of carbonyl (C=O) groups excluding carboxylic acids is 2. The van der Waals surface area contributed by atoms with Crippen LogP contribution in [-0.4, -0.2) is 23.3 Å². The molecule has 0 aliphatic carbocycles. The Bertz CT molecular complexity index is 1090. The number of ketones is 1. The molecule has 1 aliphatic rings. The number of carbonyl (C=O) groups is 2. The molecule has 0 spiro atoms. The van der Waals surface area contributed by atoms with E-state index in [1.807, 2.05) is 30.3 Å². The molecule has 0 saturated heterocycles. The van der Waals surface area contributed by atoms with E-state index in [0.717, 1.165) is 29.5 Å². The SMILES string of the molecule is CCCc1c(O[C@H](c2ccncc2)c2ccc(C(N)=O)cc2)ccc2c1OCCC2=O. The Morgan fingerprint density at radius 3 is 2.48 bits per heavy atom. The predicted molar refractivity (Wildman–Crippen MR) is 117 cm³/mol. The lowest BCUT2D eigenvalue weighted by atomic mass is 9.97. The molecule has 2 aromatic carbocycles. The third kappa shape index (κ3) is 4.28. The highest BCUT2D eigenvalue weighted by Crippen LogP contribution is 2.39. The van der Waals surface area contributed by atoms with Crippen LogP contribution in [0.3, 0.4) is 0 Å². The van der Waals surface area contributed by atoms with Crippen LogP contribution in [0.2, 0.25) is 0 Å². The van der Waals surface area contributed by atoms with Crippen molar-refractivity contribution < 1.29 is 19.1 Å². The minimum Gasteiger partial charge on any atom is -0.492 e. The molecule has 6 heteroatoms. The number of Topliss-reactive ketones (excluding diaryl/α,β-unsaturated/α-hetero) is 1. The average Bonchev–Trinajstić information content (AvgIpc) is 2.79. The number of amides is 1. The predicted octanol–water partition coefficient (Wildman–Crippen LogP) is 4.27. The third-order valence-electron chi connectivity index (χ3n) is 5.35. The third-order valence-corrected chi connectivity index (χ3v) is 5.35. The zero-order valence-corrected chi connectivity index (χ0v) is 17.3. The molecule has 0 unspecified atom stereocenters. The van der Waals surface area contributed by atoms with Crippen molar-refractivity contribution in [1.82, 2.24) is 4.98 Å². The van der Waals surface area contributed by atoms with Gasteiger partial charge in [0.25, 0.3) is 0 Å². The van der Waals surface area contributed by atoms with Crippen molar-refractivity contribution in [1.29, 1.82) is 0 Å². The summed E-state index contributed by atoms with van der Waals surface area (Å²) in [5, 5.41) is 0. The molecule has 2 N–H and O–H groups in total. The summed E-state index contributed by atoms with van der Waals surface area (Å²) in [6, 6.07) is 14.5.